The Balaban J connectivity index is 0.000000281. The van der Waals surface area contributed by atoms with Crippen molar-refractivity contribution in [3.05, 3.63) is 10.1 Å². The van der Waals surface area contributed by atoms with Gasteiger partial charge in [0.1, 0.15) is 5.78 Å². The van der Waals surface area contributed by atoms with E-state index >= 15 is 0 Å². The number of hydrogen-bond acceptors (Lipinski definition) is 9. The minimum atomic E-state index is -0.281. The predicted octanol–water partition coefficient (Wildman–Crippen LogP) is 3.15. The van der Waals surface area contributed by atoms with Gasteiger partial charge in [0.05, 0.1) is 0 Å². The van der Waals surface area contributed by atoms with Crippen molar-refractivity contribution >= 4 is 11.7 Å². The third kappa shape index (κ3) is 14.3. The molecule has 6 saturated heterocycles. The first-order chi connectivity index (χ1) is 20.1. The third-order valence-corrected chi connectivity index (χ3v) is 9.60. The maximum absolute atomic E-state index is 11.1. The standard InChI is InChI=1S/C9H16N2O.C8H16N2.C6H12N2O2.C6H11NO.C2H6.CH4/c1-11-6-4-9(5-7-11)3-2-8(12)10-9;1-2-8(10-5-1)3-6-9-7-4-8;1-7-4-2-6(3-5-7)8(9)10;1-7-4-2-6(8)3-5-7;1-2;/h2-7H2,1H3,(H,10,12);9-10H,1-7H2;6H,2-5H2,1H3;2-5H2,1H3;1-2H3;1H4. The summed E-state index contributed by atoms with van der Waals surface area (Å²) in [6, 6.07) is -0.281. The summed E-state index contributed by atoms with van der Waals surface area (Å²) < 4.78 is 0. The number of nitrogens with zero attached hydrogens (tertiary/aromatic N) is 4. The van der Waals surface area contributed by atoms with E-state index in [1.54, 1.807) is 0 Å². The quantitative estimate of drug-likeness (QED) is 0.303. The molecule has 0 aromatic rings. The van der Waals surface area contributed by atoms with Gasteiger partial charge < -0.3 is 30.7 Å². The monoisotopic (exact) mass is 612 g/mol. The summed E-state index contributed by atoms with van der Waals surface area (Å²) >= 11 is 0. The van der Waals surface area contributed by atoms with Crippen molar-refractivity contribution in [2.75, 3.05) is 80.0 Å². The Labute approximate surface area is 262 Å². The van der Waals surface area contributed by atoms with Crippen LogP contribution in [0.25, 0.3) is 0 Å². The van der Waals surface area contributed by atoms with Gasteiger partial charge in [0, 0.05) is 87.4 Å². The van der Waals surface area contributed by atoms with E-state index in [1.165, 1.54) is 45.3 Å². The van der Waals surface area contributed by atoms with Gasteiger partial charge in [0.15, 0.2) is 0 Å². The molecule has 0 aromatic heterocycles. The molecule has 0 saturated carbocycles. The number of carbonyl (C=O) groups is 2. The van der Waals surface area contributed by atoms with Gasteiger partial charge in [-0.25, -0.2) is 0 Å². The number of nitro groups is 1. The number of amides is 1. The first kappa shape index (κ1) is 39.4. The molecule has 0 unspecified atom stereocenters. The van der Waals surface area contributed by atoms with Crippen LogP contribution in [0.3, 0.4) is 0 Å². The van der Waals surface area contributed by atoms with Crippen molar-refractivity contribution < 1.29 is 14.5 Å². The molecule has 0 radical (unpaired) electrons. The van der Waals surface area contributed by atoms with Crippen molar-refractivity contribution in [2.45, 2.75) is 115 Å². The Morgan fingerprint density at radius 2 is 1.26 bits per heavy atom. The van der Waals surface area contributed by atoms with E-state index in [-0.39, 0.29) is 29.8 Å². The van der Waals surface area contributed by atoms with Crippen LogP contribution in [0.15, 0.2) is 0 Å². The van der Waals surface area contributed by atoms with Crippen molar-refractivity contribution in [3.63, 3.8) is 0 Å². The fraction of sp³-hybridized carbons (Fsp3) is 0.938. The molecule has 3 N–H and O–H groups in total. The second kappa shape index (κ2) is 20.4. The summed E-state index contributed by atoms with van der Waals surface area (Å²) in [4.78, 5) is 38.4. The summed E-state index contributed by atoms with van der Waals surface area (Å²) in [5.74, 6) is 0.669. The fourth-order valence-electron chi connectivity index (χ4n) is 6.47. The lowest BCUT2D eigenvalue weighted by atomic mass is 9.86. The molecule has 0 bridgehead atoms. The minimum absolute atomic E-state index is 0. The summed E-state index contributed by atoms with van der Waals surface area (Å²) in [6.07, 6.45) is 12.5. The van der Waals surface area contributed by atoms with Crippen molar-refractivity contribution in [3.8, 4) is 0 Å². The zero-order valence-corrected chi connectivity index (χ0v) is 27.3. The lowest BCUT2D eigenvalue weighted by Crippen LogP contribution is -2.49. The molecule has 11 heteroatoms. The number of rotatable bonds is 1. The highest BCUT2D eigenvalue weighted by molar-refractivity contribution is 5.79. The molecule has 2 spiro atoms. The van der Waals surface area contributed by atoms with Crippen LogP contribution in [0.4, 0.5) is 0 Å². The first-order valence-corrected chi connectivity index (χ1v) is 16.6. The van der Waals surface area contributed by atoms with Gasteiger partial charge in [-0.1, -0.05) is 21.3 Å². The number of carbonyl (C=O) groups excluding carboxylic acids is 2. The maximum Gasteiger partial charge on any atom is 0.220 e. The number of likely N-dealkylation sites (tertiary alicyclic amines) is 3. The van der Waals surface area contributed by atoms with Crippen LogP contribution in [-0.4, -0.2) is 128 Å². The van der Waals surface area contributed by atoms with Gasteiger partial charge in [-0.05, 0) is 85.7 Å². The van der Waals surface area contributed by atoms with Gasteiger partial charge in [0.2, 0.25) is 11.9 Å². The third-order valence-electron chi connectivity index (χ3n) is 9.60. The molecular formula is C32H65N7O4. The number of ketones is 1. The Morgan fingerprint density at radius 1 is 0.721 bits per heavy atom. The molecule has 0 aromatic carbocycles. The lowest BCUT2D eigenvalue weighted by molar-refractivity contribution is -0.526. The van der Waals surface area contributed by atoms with Gasteiger partial charge in [-0.2, -0.15) is 0 Å². The van der Waals surface area contributed by atoms with E-state index in [2.05, 4.69) is 37.7 Å². The number of hydrogen-bond donors (Lipinski definition) is 3. The normalized spacial score (nSPS) is 25.3. The second-order valence-electron chi connectivity index (χ2n) is 12.9. The van der Waals surface area contributed by atoms with E-state index in [0.717, 1.165) is 77.8 Å². The predicted molar refractivity (Wildman–Crippen MR) is 176 cm³/mol. The number of Topliss-reactive ketones (excluding diaryl/α,β-unsaturated/α-hetero) is 1. The van der Waals surface area contributed by atoms with Gasteiger partial charge in [-0.15, -0.1) is 0 Å². The Hall–Kier alpha value is -1.66. The topological polar surface area (TPSA) is 123 Å². The number of piperidine rings is 4. The highest BCUT2D eigenvalue weighted by atomic mass is 16.6. The van der Waals surface area contributed by atoms with Crippen LogP contribution < -0.4 is 16.0 Å². The number of nitrogens with one attached hydrogen (secondary N) is 3. The van der Waals surface area contributed by atoms with Gasteiger partial charge in [0.25, 0.3) is 0 Å². The molecule has 6 rings (SSSR count). The summed E-state index contributed by atoms with van der Waals surface area (Å²) in [6.45, 7) is 13.6. The van der Waals surface area contributed by atoms with Crippen LogP contribution >= 0.6 is 0 Å². The molecule has 6 fully saturated rings. The molecule has 252 valence electrons. The van der Waals surface area contributed by atoms with Crippen LogP contribution in [-0.2, 0) is 9.59 Å². The molecular weight excluding hydrogens is 546 g/mol. The second-order valence-corrected chi connectivity index (χ2v) is 12.9. The largest absolute Gasteiger partial charge is 0.351 e. The Morgan fingerprint density at radius 3 is 1.70 bits per heavy atom. The smallest absolute Gasteiger partial charge is 0.220 e. The van der Waals surface area contributed by atoms with Crippen LogP contribution in [0.2, 0.25) is 0 Å². The summed E-state index contributed by atoms with van der Waals surface area (Å²) in [5, 5.41) is 20.4. The lowest BCUT2D eigenvalue weighted by Gasteiger charge is -2.37. The molecule has 43 heavy (non-hydrogen) atoms. The van der Waals surface area contributed by atoms with Gasteiger partial charge >= 0.3 is 0 Å². The van der Waals surface area contributed by atoms with E-state index in [1.807, 2.05) is 27.9 Å². The van der Waals surface area contributed by atoms with E-state index in [9.17, 15) is 19.7 Å². The van der Waals surface area contributed by atoms with Crippen molar-refractivity contribution in [1.29, 1.82) is 0 Å². The van der Waals surface area contributed by atoms with E-state index in [4.69, 9.17) is 0 Å². The molecule has 11 nitrogen and oxygen atoms in total. The zero-order chi connectivity index (χ0) is 31.0. The fourth-order valence-corrected chi connectivity index (χ4v) is 6.47. The Bertz CT molecular complexity index is 788. The Kier molecular flexibility index (Phi) is 18.7. The average molecular weight is 612 g/mol. The average Bonchev–Trinajstić information content (AvgIpc) is 3.61. The maximum atomic E-state index is 11.1. The van der Waals surface area contributed by atoms with E-state index < -0.39 is 0 Å². The molecule has 6 aliphatic rings. The van der Waals surface area contributed by atoms with Gasteiger partial charge in [-0.3, -0.25) is 19.7 Å². The molecule has 0 atom stereocenters. The van der Waals surface area contributed by atoms with E-state index in [0.29, 0.717) is 24.2 Å². The summed E-state index contributed by atoms with van der Waals surface area (Å²) in [5.41, 5.74) is 0.745. The molecule has 6 aliphatic heterocycles. The molecule has 1 amide bonds. The SMILES string of the molecule is C.C1CNC2(C1)CCNCC2.CC.CN1CCC(=O)CC1.CN1CCC([N+](=O)[O-])CC1.CN1CCC2(CCC(=O)N2)CC1. The molecule has 0 aliphatic carbocycles. The first-order valence-electron chi connectivity index (χ1n) is 16.6. The van der Waals surface area contributed by atoms with Crippen LogP contribution in [0, 0.1) is 10.1 Å². The van der Waals surface area contributed by atoms with Crippen LogP contribution in [0.1, 0.15) is 98.3 Å². The molecule has 6 heterocycles. The van der Waals surface area contributed by atoms with Crippen LogP contribution in [0.5, 0.6) is 0 Å². The highest BCUT2D eigenvalue weighted by Gasteiger charge is 2.39. The summed E-state index contributed by atoms with van der Waals surface area (Å²) in [7, 11) is 6.19. The highest BCUT2D eigenvalue weighted by Crippen LogP contribution is 2.30. The van der Waals surface area contributed by atoms with Crippen molar-refractivity contribution in [1.82, 2.24) is 30.7 Å². The van der Waals surface area contributed by atoms with Crippen molar-refractivity contribution in [2.24, 2.45) is 0 Å². The minimum Gasteiger partial charge on any atom is -0.351 e. The zero-order valence-electron chi connectivity index (χ0n) is 27.3.